The Balaban J connectivity index is 1.56. The van der Waals surface area contributed by atoms with Crippen molar-refractivity contribution >= 4 is 11.8 Å². The van der Waals surface area contributed by atoms with Crippen molar-refractivity contribution in [3.05, 3.63) is 41.8 Å². The number of benzene rings is 1. The van der Waals surface area contributed by atoms with E-state index in [2.05, 4.69) is 32.3 Å². The van der Waals surface area contributed by atoms with Crippen LogP contribution < -0.4 is 10.2 Å². The number of aromatic nitrogens is 3. The zero-order valence-corrected chi connectivity index (χ0v) is 13.4. The summed E-state index contributed by atoms with van der Waals surface area (Å²) >= 11 is 0. The van der Waals surface area contributed by atoms with Crippen molar-refractivity contribution in [1.82, 2.24) is 15.2 Å². The smallest absolute Gasteiger partial charge is 0.247 e. The molecule has 0 bridgehead atoms. The van der Waals surface area contributed by atoms with Crippen LogP contribution in [0.5, 0.6) is 0 Å². The second-order valence-corrected chi connectivity index (χ2v) is 6.14. The fourth-order valence-corrected chi connectivity index (χ4v) is 2.87. The van der Waals surface area contributed by atoms with Crippen molar-refractivity contribution in [1.29, 1.82) is 0 Å². The standard InChI is InChI=1S/C17H22FN5/c1-13-3-2-10-23(12-13)17-21-16(11-20-22-17)19-9-8-14-4-6-15(18)7-5-14/h4-7,11,13H,2-3,8-10,12H2,1H3,(H,19,21,22). The van der Waals surface area contributed by atoms with Crippen molar-refractivity contribution < 1.29 is 4.39 Å². The average Bonchev–Trinajstić information content (AvgIpc) is 2.57. The fraction of sp³-hybridized carbons (Fsp3) is 0.471. The zero-order chi connectivity index (χ0) is 16.1. The maximum atomic E-state index is 12.9. The number of nitrogens with zero attached hydrogens (tertiary/aromatic N) is 4. The number of piperidine rings is 1. The molecular weight excluding hydrogens is 293 g/mol. The van der Waals surface area contributed by atoms with Crippen molar-refractivity contribution in [2.24, 2.45) is 5.92 Å². The Hall–Kier alpha value is -2.24. The van der Waals surface area contributed by atoms with Crippen LogP contribution in [-0.2, 0) is 6.42 Å². The van der Waals surface area contributed by atoms with Gasteiger partial charge in [0.25, 0.3) is 0 Å². The van der Waals surface area contributed by atoms with Crippen molar-refractivity contribution in [2.75, 3.05) is 29.9 Å². The number of hydrogen-bond acceptors (Lipinski definition) is 5. The lowest BCUT2D eigenvalue weighted by Gasteiger charge is -2.30. The molecule has 1 unspecified atom stereocenters. The number of nitrogens with one attached hydrogen (secondary N) is 1. The Morgan fingerprint density at radius 3 is 2.91 bits per heavy atom. The van der Waals surface area contributed by atoms with Gasteiger partial charge in [-0.05, 0) is 42.9 Å². The Morgan fingerprint density at radius 1 is 1.30 bits per heavy atom. The number of hydrogen-bond donors (Lipinski definition) is 1. The summed E-state index contributed by atoms with van der Waals surface area (Å²) in [5.74, 6) is 1.89. The molecule has 1 aliphatic heterocycles. The molecule has 1 aromatic carbocycles. The SMILES string of the molecule is CC1CCCN(c2nncc(NCCc3ccc(F)cc3)n2)C1. The summed E-state index contributed by atoms with van der Waals surface area (Å²) in [5, 5.41) is 11.5. The van der Waals surface area contributed by atoms with Gasteiger partial charge in [0, 0.05) is 19.6 Å². The summed E-state index contributed by atoms with van der Waals surface area (Å²) in [4.78, 5) is 6.76. The Morgan fingerprint density at radius 2 is 2.13 bits per heavy atom. The molecular formula is C17H22FN5. The van der Waals surface area contributed by atoms with Gasteiger partial charge >= 0.3 is 0 Å². The van der Waals surface area contributed by atoms with Gasteiger partial charge in [0.2, 0.25) is 5.95 Å². The second kappa shape index (κ2) is 7.35. The maximum Gasteiger partial charge on any atom is 0.247 e. The maximum absolute atomic E-state index is 12.9. The molecule has 1 fully saturated rings. The van der Waals surface area contributed by atoms with E-state index in [-0.39, 0.29) is 5.82 Å². The lowest BCUT2D eigenvalue weighted by atomic mass is 10.0. The molecule has 0 aliphatic carbocycles. The third-order valence-electron chi connectivity index (χ3n) is 4.12. The second-order valence-electron chi connectivity index (χ2n) is 6.14. The zero-order valence-electron chi connectivity index (χ0n) is 13.4. The van der Waals surface area contributed by atoms with E-state index in [1.165, 1.54) is 25.0 Å². The van der Waals surface area contributed by atoms with E-state index < -0.39 is 0 Å². The molecule has 23 heavy (non-hydrogen) atoms. The van der Waals surface area contributed by atoms with E-state index in [0.717, 1.165) is 37.4 Å². The van der Waals surface area contributed by atoms with Crippen LogP contribution in [0.4, 0.5) is 16.2 Å². The van der Waals surface area contributed by atoms with Crippen LogP contribution >= 0.6 is 0 Å². The van der Waals surface area contributed by atoms with E-state index in [1.807, 2.05) is 0 Å². The number of halogens is 1. The van der Waals surface area contributed by atoms with E-state index in [9.17, 15) is 4.39 Å². The van der Waals surface area contributed by atoms with Crippen LogP contribution in [0.3, 0.4) is 0 Å². The highest BCUT2D eigenvalue weighted by Crippen LogP contribution is 2.20. The van der Waals surface area contributed by atoms with Crippen LogP contribution in [0, 0.1) is 11.7 Å². The highest BCUT2D eigenvalue weighted by atomic mass is 19.1. The van der Waals surface area contributed by atoms with E-state index in [1.54, 1.807) is 18.3 Å². The van der Waals surface area contributed by atoms with Gasteiger partial charge in [-0.15, -0.1) is 5.10 Å². The predicted molar refractivity (Wildman–Crippen MR) is 89.0 cm³/mol. The van der Waals surface area contributed by atoms with Gasteiger partial charge < -0.3 is 10.2 Å². The minimum atomic E-state index is -0.206. The topological polar surface area (TPSA) is 53.9 Å². The fourth-order valence-electron chi connectivity index (χ4n) is 2.87. The Bertz CT molecular complexity index is 631. The minimum Gasteiger partial charge on any atom is -0.368 e. The van der Waals surface area contributed by atoms with Crippen molar-refractivity contribution in [3.8, 4) is 0 Å². The molecule has 5 nitrogen and oxygen atoms in total. The Kier molecular flexibility index (Phi) is 5.00. The largest absolute Gasteiger partial charge is 0.368 e. The first-order valence-corrected chi connectivity index (χ1v) is 8.14. The normalized spacial score (nSPS) is 18.0. The summed E-state index contributed by atoms with van der Waals surface area (Å²) in [5.41, 5.74) is 1.09. The third-order valence-corrected chi connectivity index (χ3v) is 4.12. The van der Waals surface area contributed by atoms with Gasteiger partial charge in [-0.25, -0.2) is 4.39 Å². The van der Waals surface area contributed by atoms with Crippen LogP contribution in [0.2, 0.25) is 0 Å². The highest BCUT2D eigenvalue weighted by molar-refractivity contribution is 5.39. The third kappa shape index (κ3) is 4.37. The van der Waals surface area contributed by atoms with Gasteiger partial charge in [0.15, 0.2) is 5.82 Å². The summed E-state index contributed by atoms with van der Waals surface area (Å²) in [6.07, 6.45) is 4.88. The van der Waals surface area contributed by atoms with Crippen molar-refractivity contribution in [2.45, 2.75) is 26.2 Å². The molecule has 0 spiro atoms. The molecule has 2 heterocycles. The molecule has 0 radical (unpaired) electrons. The van der Waals surface area contributed by atoms with Gasteiger partial charge in [-0.2, -0.15) is 10.1 Å². The van der Waals surface area contributed by atoms with Crippen LogP contribution in [0.15, 0.2) is 30.5 Å². The molecule has 1 N–H and O–H groups in total. The Labute approximate surface area is 136 Å². The van der Waals surface area contributed by atoms with Crippen LogP contribution in [0.1, 0.15) is 25.3 Å². The molecule has 1 atom stereocenters. The number of rotatable bonds is 5. The monoisotopic (exact) mass is 315 g/mol. The van der Waals surface area contributed by atoms with Gasteiger partial charge in [0.1, 0.15) is 5.82 Å². The van der Waals surface area contributed by atoms with Crippen LogP contribution in [0.25, 0.3) is 0 Å². The summed E-state index contributed by atoms with van der Waals surface area (Å²) < 4.78 is 12.9. The van der Waals surface area contributed by atoms with E-state index in [4.69, 9.17) is 0 Å². The predicted octanol–water partition coefficient (Wildman–Crippen LogP) is 2.90. The lowest BCUT2D eigenvalue weighted by molar-refractivity contribution is 0.441. The molecule has 6 heteroatoms. The molecule has 1 aliphatic rings. The molecule has 1 aromatic heterocycles. The molecule has 122 valence electrons. The number of anilines is 2. The first kappa shape index (κ1) is 15.6. The quantitative estimate of drug-likeness (QED) is 0.919. The molecule has 1 saturated heterocycles. The highest BCUT2D eigenvalue weighted by Gasteiger charge is 2.19. The summed E-state index contributed by atoms with van der Waals surface area (Å²) in [6.45, 7) is 4.95. The summed E-state index contributed by atoms with van der Waals surface area (Å²) in [6, 6.07) is 6.57. The van der Waals surface area contributed by atoms with E-state index >= 15 is 0 Å². The molecule has 0 amide bonds. The molecule has 3 rings (SSSR count). The lowest BCUT2D eigenvalue weighted by Crippen LogP contribution is -2.35. The van der Waals surface area contributed by atoms with Gasteiger partial charge in [-0.3, -0.25) is 0 Å². The average molecular weight is 315 g/mol. The van der Waals surface area contributed by atoms with Gasteiger partial charge in [-0.1, -0.05) is 19.1 Å². The minimum absolute atomic E-state index is 0.206. The van der Waals surface area contributed by atoms with Crippen LogP contribution in [-0.4, -0.2) is 34.8 Å². The summed E-state index contributed by atoms with van der Waals surface area (Å²) in [7, 11) is 0. The van der Waals surface area contributed by atoms with Gasteiger partial charge in [0.05, 0.1) is 6.20 Å². The van der Waals surface area contributed by atoms with Crippen molar-refractivity contribution in [3.63, 3.8) is 0 Å². The first-order valence-electron chi connectivity index (χ1n) is 8.14. The molecule has 0 saturated carbocycles. The first-order chi connectivity index (χ1) is 11.2. The van der Waals surface area contributed by atoms with E-state index in [0.29, 0.717) is 11.9 Å². The molecule has 2 aromatic rings.